The minimum Gasteiger partial charge on any atom is -0.477 e. The summed E-state index contributed by atoms with van der Waals surface area (Å²) in [6.07, 6.45) is 1.83. The number of rotatable bonds is 2. The second-order valence-corrected chi connectivity index (χ2v) is 7.28. The van der Waals surface area contributed by atoms with E-state index in [0.717, 1.165) is 24.2 Å². The van der Waals surface area contributed by atoms with Crippen LogP contribution in [0.15, 0.2) is 36.4 Å². The number of aryl methyl sites for hydroxylation is 1. The standard InChI is InChI=1S/C18H17NO4S/c20-16(14-5-6-15(24-14)17(21)22)19-9-10-23-18(11-19)8-7-12-3-1-2-4-13(12)18/h1-6H,7-11H2,(H,21,22)/t18-/m0/s1. The number of morpholine rings is 1. The average Bonchev–Trinajstić information content (AvgIpc) is 3.21. The lowest BCUT2D eigenvalue weighted by Crippen LogP contribution is -2.50. The molecule has 1 aromatic heterocycles. The van der Waals surface area contributed by atoms with E-state index in [4.69, 9.17) is 9.84 Å². The number of benzene rings is 1. The van der Waals surface area contributed by atoms with Crippen molar-refractivity contribution in [2.75, 3.05) is 19.7 Å². The Labute approximate surface area is 143 Å². The van der Waals surface area contributed by atoms with E-state index in [2.05, 4.69) is 12.1 Å². The number of carboxylic acids is 1. The molecule has 1 N–H and O–H groups in total. The maximum absolute atomic E-state index is 12.8. The Hall–Kier alpha value is -2.18. The summed E-state index contributed by atoms with van der Waals surface area (Å²) in [5.74, 6) is -1.11. The summed E-state index contributed by atoms with van der Waals surface area (Å²) in [5, 5.41) is 9.03. The van der Waals surface area contributed by atoms with Gasteiger partial charge in [-0.2, -0.15) is 0 Å². The third-order valence-corrected chi connectivity index (χ3v) is 5.87. The van der Waals surface area contributed by atoms with Crippen molar-refractivity contribution < 1.29 is 19.4 Å². The summed E-state index contributed by atoms with van der Waals surface area (Å²) < 4.78 is 6.13. The quantitative estimate of drug-likeness (QED) is 0.910. The molecule has 0 bridgehead atoms. The lowest BCUT2D eigenvalue weighted by Gasteiger charge is -2.41. The Morgan fingerprint density at radius 2 is 1.96 bits per heavy atom. The van der Waals surface area contributed by atoms with Gasteiger partial charge in [-0.25, -0.2) is 4.79 Å². The van der Waals surface area contributed by atoms with Gasteiger partial charge in [-0.05, 0) is 36.1 Å². The van der Waals surface area contributed by atoms with Crippen molar-refractivity contribution in [3.05, 3.63) is 57.3 Å². The van der Waals surface area contributed by atoms with Gasteiger partial charge >= 0.3 is 5.97 Å². The molecule has 4 rings (SSSR count). The molecule has 0 radical (unpaired) electrons. The smallest absolute Gasteiger partial charge is 0.345 e. The van der Waals surface area contributed by atoms with E-state index in [-0.39, 0.29) is 10.8 Å². The summed E-state index contributed by atoms with van der Waals surface area (Å²) in [4.78, 5) is 26.2. The minimum atomic E-state index is -0.998. The maximum Gasteiger partial charge on any atom is 0.345 e. The van der Waals surface area contributed by atoms with Gasteiger partial charge in [0.25, 0.3) is 5.91 Å². The van der Waals surface area contributed by atoms with Crippen LogP contribution in [0.2, 0.25) is 0 Å². The first kappa shape index (κ1) is 15.4. The molecule has 1 aliphatic carbocycles. The first-order valence-electron chi connectivity index (χ1n) is 7.94. The van der Waals surface area contributed by atoms with Crippen LogP contribution in [-0.4, -0.2) is 41.6 Å². The average molecular weight is 343 g/mol. The summed E-state index contributed by atoms with van der Waals surface area (Å²) in [6.45, 7) is 1.55. The van der Waals surface area contributed by atoms with Crippen molar-refractivity contribution in [2.45, 2.75) is 18.4 Å². The fraction of sp³-hybridized carbons (Fsp3) is 0.333. The molecule has 1 fully saturated rings. The van der Waals surface area contributed by atoms with Crippen LogP contribution >= 0.6 is 11.3 Å². The maximum atomic E-state index is 12.8. The van der Waals surface area contributed by atoms with Crippen molar-refractivity contribution in [3.63, 3.8) is 0 Å². The number of hydrogen-bond donors (Lipinski definition) is 1. The summed E-state index contributed by atoms with van der Waals surface area (Å²) in [5.41, 5.74) is 2.05. The highest BCUT2D eigenvalue weighted by molar-refractivity contribution is 7.15. The number of carbonyl (C=O) groups excluding carboxylic acids is 1. The summed E-state index contributed by atoms with van der Waals surface area (Å²) in [7, 11) is 0. The van der Waals surface area contributed by atoms with Crippen LogP contribution in [0.4, 0.5) is 0 Å². The number of amides is 1. The van der Waals surface area contributed by atoms with Gasteiger partial charge in [-0.3, -0.25) is 4.79 Å². The molecule has 1 spiro atoms. The van der Waals surface area contributed by atoms with E-state index in [0.29, 0.717) is 24.6 Å². The Balaban J connectivity index is 1.59. The highest BCUT2D eigenvalue weighted by atomic mass is 32.1. The SMILES string of the molecule is O=C(O)c1ccc(C(=O)N2CCO[C@@]3(CCc4ccccc43)C2)s1. The van der Waals surface area contributed by atoms with Crippen molar-refractivity contribution in [1.29, 1.82) is 0 Å². The number of fused-ring (bicyclic) bond motifs is 2. The number of carbonyl (C=O) groups is 2. The van der Waals surface area contributed by atoms with Gasteiger partial charge in [-0.1, -0.05) is 24.3 Å². The summed E-state index contributed by atoms with van der Waals surface area (Å²) in [6, 6.07) is 11.3. The highest BCUT2D eigenvalue weighted by Crippen LogP contribution is 2.42. The first-order chi connectivity index (χ1) is 11.6. The number of aromatic carboxylic acids is 1. The fourth-order valence-corrected chi connectivity index (χ4v) is 4.46. The Kier molecular flexibility index (Phi) is 3.66. The molecule has 124 valence electrons. The number of nitrogens with zero attached hydrogens (tertiary/aromatic N) is 1. The highest BCUT2D eigenvalue weighted by Gasteiger charge is 2.44. The van der Waals surface area contributed by atoms with Crippen LogP contribution in [0.1, 0.15) is 36.9 Å². The Bertz CT molecular complexity index is 811. The molecule has 6 heteroatoms. The minimum absolute atomic E-state index is 0.112. The topological polar surface area (TPSA) is 66.8 Å². The molecule has 0 unspecified atom stereocenters. The van der Waals surface area contributed by atoms with Crippen molar-refractivity contribution in [1.82, 2.24) is 4.90 Å². The molecule has 24 heavy (non-hydrogen) atoms. The van der Waals surface area contributed by atoms with Crippen LogP contribution < -0.4 is 0 Å². The van der Waals surface area contributed by atoms with Crippen molar-refractivity contribution >= 4 is 23.2 Å². The van der Waals surface area contributed by atoms with Gasteiger partial charge in [0.2, 0.25) is 0 Å². The van der Waals surface area contributed by atoms with Crippen LogP contribution in [-0.2, 0) is 16.8 Å². The van der Waals surface area contributed by atoms with Gasteiger partial charge < -0.3 is 14.7 Å². The zero-order valence-corrected chi connectivity index (χ0v) is 13.8. The molecule has 2 heterocycles. The molecule has 1 amide bonds. The van der Waals surface area contributed by atoms with Gasteiger partial charge in [-0.15, -0.1) is 11.3 Å². The third kappa shape index (κ3) is 2.42. The van der Waals surface area contributed by atoms with Crippen LogP contribution in [0.5, 0.6) is 0 Å². The third-order valence-electron chi connectivity index (χ3n) is 4.81. The van der Waals surface area contributed by atoms with Crippen LogP contribution in [0.25, 0.3) is 0 Å². The second-order valence-electron chi connectivity index (χ2n) is 6.20. The number of ether oxygens (including phenoxy) is 1. The van der Waals surface area contributed by atoms with Gasteiger partial charge in [0.05, 0.1) is 18.0 Å². The number of carboxylic acid groups (broad SMARTS) is 1. The molecule has 5 nitrogen and oxygen atoms in total. The summed E-state index contributed by atoms with van der Waals surface area (Å²) >= 11 is 1.03. The van der Waals surface area contributed by atoms with E-state index in [1.807, 2.05) is 12.1 Å². The monoisotopic (exact) mass is 343 g/mol. The largest absolute Gasteiger partial charge is 0.477 e. The van der Waals surface area contributed by atoms with E-state index >= 15 is 0 Å². The molecule has 1 saturated heterocycles. The van der Waals surface area contributed by atoms with Crippen molar-refractivity contribution in [2.24, 2.45) is 0 Å². The van der Waals surface area contributed by atoms with E-state index in [9.17, 15) is 9.59 Å². The second kappa shape index (κ2) is 5.72. The molecule has 1 atom stereocenters. The van der Waals surface area contributed by atoms with Gasteiger partial charge in [0.1, 0.15) is 10.5 Å². The Morgan fingerprint density at radius 3 is 2.75 bits per heavy atom. The predicted octanol–water partition coefficient (Wildman–Crippen LogP) is 2.76. The lowest BCUT2D eigenvalue weighted by molar-refractivity contribution is -0.103. The van der Waals surface area contributed by atoms with Gasteiger partial charge in [0.15, 0.2) is 0 Å². The number of thiophene rings is 1. The molecule has 1 aromatic carbocycles. The molecule has 1 aliphatic heterocycles. The first-order valence-corrected chi connectivity index (χ1v) is 8.75. The Morgan fingerprint density at radius 1 is 1.17 bits per heavy atom. The molecule has 2 aromatic rings. The number of hydrogen-bond acceptors (Lipinski definition) is 4. The normalized spacial score (nSPS) is 22.6. The fourth-order valence-electron chi connectivity index (χ4n) is 3.65. The zero-order valence-electron chi connectivity index (χ0n) is 13.0. The van der Waals surface area contributed by atoms with Crippen molar-refractivity contribution in [3.8, 4) is 0 Å². The van der Waals surface area contributed by atoms with E-state index in [1.165, 1.54) is 17.2 Å². The predicted molar refractivity (Wildman–Crippen MR) is 89.6 cm³/mol. The zero-order chi connectivity index (χ0) is 16.7. The van der Waals surface area contributed by atoms with Crippen LogP contribution in [0, 0.1) is 0 Å². The lowest BCUT2D eigenvalue weighted by atomic mass is 9.93. The van der Waals surface area contributed by atoms with E-state index < -0.39 is 11.6 Å². The van der Waals surface area contributed by atoms with Crippen LogP contribution in [0.3, 0.4) is 0 Å². The molecular formula is C18H17NO4S. The van der Waals surface area contributed by atoms with Gasteiger partial charge in [0, 0.05) is 6.54 Å². The van der Waals surface area contributed by atoms with E-state index in [1.54, 1.807) is 11.0 Å². The molecular weight excluding hydrogens is 326 g/mol. The molecule has 2 aliphatic rings. The molecule has 0 saturated carbocycles.